The van der Waals surface area contributed by atoms with E-state index >= 15 is 0 Å². The lowest BCUT2D eigenvalue weighted by molar-refractivity contribution is 0.0723. The normalized spacial score (nSPS) is 13.9. The molecule has 2 N–H and O–H groups in total. The van der Waals surface area contributed by atoms with Crippen molar-refractivity contribution in [1.29, 1.82) is 0 Å². The number of carbonyl (C=O) groups is 2. The van der Waals surface area contributed by atoms with E-state index in [1.165, 1.54) is 12.6 Å². The fourth-order valence-corrected chi connectivity index (χ4v) is 3.38. The molecule has 2 heterocycles. The van der Waals surface area contributed by atoms with Crippen molar-refractivity contribution < 1.29 is 9.59 Å². The van der Waals surface area contributed by atoms with Crippen LogP contribution >= 0.6 is 23.2 Å². The fourth-order valence-electron chi connectivity index (χ4n) is 3.02. The number of benzene rings is 1. The Balaban J connectivity index is 1.48. The van der Waals surface area contributed by atoms with E-state index < -0.39 is 0 Å². The van der Waals surface area contributed by atoms with Crippen LogP contribution in [0.5, 0.6) is 0 Å². The van der Waals surface area contributed by atoms with Gasteiger partial charge in [-0.05, 0) is 49.6 Å². The van der Waals surface area contributed by atoms with E-state index in [0.717, 1.165) is 25.9 Å². The predicted molar refractivity (Wildman–Crippen MR) is 111 cm³/mol. The molecule has 0 saturated carbocycles. The maximum atomic E-state index is 12.5. The Hall–Kier alpha value is -2.31. The Morgan fingerprint density at radius 3 is 2.39 bits per heavy atom. The summed E-state index contributed by atoms with van der Waals surface area (Å²) in [6.45, 7) is 2.41. The molecule has 1 saturated heterocycles. The van der Waals surface area contributed by atoms with Crippen LogP contribution in [0.2, 0.25) is 10.0 Å². The molecule has 1 aliphatic heterocycles. The number of anilines is 1. The highest BCUT2D eigenvalue weighted by Crippen LogP contribution is 2.21. The van der Waals surface area contributed by atoms with Gasteiger partial charge in [0.25, 0.3) is 11.8 Å². The molecular weight excluding hydrogens is 399 g/mol. The highest BCUT2D eigenvalue weighted by atomic mass is 35.5. The molecular formula is C20H22Cl2N4O2. The first kappa shape index (κ1) is 20.4. The quantitative estimate of drug-likeness (QED) is 0.695. The molecule has 0 aliphatic carbocycles. The largest absolute Gasteiger partial charge is 0.367 e. The van der Waals surface area contributed by atoms with E-state index in [1.54, 1.807) is 30.3 Å². The third-order valence-electron chi connectivity index (χ3n) is 4.54. The summed E-state index contributed by atoms with van der Waals surface area (Å²) in [5.74, 6) is 0.272. The van der Waals surface area contributed by atoms with Crippen LogP contribution in [0.3, 0.4) is 0 Å². The molecule has 0 atom stereocenters. The molecule has 3 rings (SSSR count). The number of aromatic nitrogens is 1. The summed E-state index contributed by atoms with van der Waals surface area (Å²) in [5.41, 5.74) is 1.04. The van der Waals surface area contributed by atoms with E-state index in [9.17, 15) is 9.59 Å². The van der Waals surface area contributed by atoms with Crippen molar-refractivity contribution in [3.63, 3.8) is 0 Å². The Bertz CT molecular complexity index is 837. The van der Waals surface area contributed by atoms with Crippen molar-refractivity contribution in [1.82, 2.24) is 15.2 Å². The van der Waals surface area contributed by atoms with Crippen molar-refractivity contribution in [3.8, 4) is 0 Å². The zero-order chi connectivity index (χ0) is 19.9. The summed E-state index contributed by atoms with van der Waals surface area (Å²) in [6, 6.07) is 8.32. The second-order valence-corrected chi connectivity index (χ2v) is 7.44. The standard InChI is InChI=1S/C20H22Cl2N4O2/c21-16-6-4-14(5-7-16)19(27)24-9-8-23-18-17(22)12-15(13-25-18)20(28)26-10-2-1-3-11-26/h4-7,12-13H,1-3,8-11H2,(H,23,25)(H,24,27). The van der Waals surface area contributed by atoms with Crippen LogP contribution in [0, 0.1) is 0 Å². The number of pyridine rings is 1. The van der Waals surface area contributed by atoms with E-state index in [1.807, 2.05) is 4.90 Å². The molecule has 1 aliphatic rings. The highest BCUT2D eigenvalue weighted by Gasteiger charge is 2.19. The first-order chi connectivity index (χ1) is 13.5. The number of hydrogen-bond acceptors (Lipinski definition) is 4. The third-order valence-corrected chi connectivity index (χ3v) is 5.08. The van der Waals surface area contributed by atoms with Gasteiger partial charge in [0.1, 0.15) is 5.82 Å². The van der Waals surface area contributed by atoms with Crippen LogP contribution in [0.4, 0.5) is 5.82 Å². The average molecular weight is 421 g/mol. The maximum absolute atomic E-state index is 12.5. The molecule has 0 unspecified atom stereocenters. The summed E-state index contributed by atoms with van der Waals surface area (Å²) >= 11 is 12.1. The van der Waals surface area contributed by atoms with Crippen molar-refractivity contribution >= 4 is 40.8 Å². The van der Waals surface area contributed by atoms with Gasteiger partial charge in [0.15, 0.2) is 0 Å². The number of nitrogens with one attached hydrogen (secondary N) is 2. The van der Waals surface area contributed by atoms with Gasteiger partial charge in [-0.3, -0.25) is 9.59 Å². The number of amides is 2. The van der Waals surface area contributed by atoms with Gasteiger partial charge in [-0.2, -0.15) is 0 Å². The van der Waals surface area contributed by atoms with Gasteiger partial charge in [0.05, 0.1) is 10.6 Å². The fraction of sp³-hybridized carbons (Fsp3) is 0.350. The number of halogens is 2. The van der Waals surface area contributed by atoms with Crippen LogP contribution in [0.1, 0.15) is 40.0 Å². The monoisotopic (exact) mass is 420 g/mol. The number of carbonyl (C=O) groups excluding carboxylic acids is 2. The van der Waals surface area contributed by atoms with Gasteiger partial charge in [-0.15, -0.1) is 0 Å². The minimum absolute atomic E-state index is 0.0316. The summed E-state index contributed by atoms with van der Waals surface area (Å²) in [7, 11) is 0. The van der Waals surface area contributed by atoms with Crippen molar-refractivity contribution in [3.05, 3.63) is 57.7 Å². The van der Waals surface area contributed by atoms with Crippen LogP contribution < -0.4 is 10.6 Å². The number of nitrogens with zero attached hydrogens (tertiary/aromatic N) is 2. The Morgan fingerprint density at radius 2 is 1.71 bits per heavy atom. The molecule has 148 valence electrons. The van der Waals surface area contributed by atoms with Gasteiger partial charge in [-0.25, -0.2) is 4.98 Å². The SMILES string of the molecule is O=C(NCCNc1ncc(C(=O)N2CCCCC2)cc1Cl)c1ccc(Cl)cc1. The van der Waals surface area contributed by atoms with E-state index in [4.69, 9.17) is 23.2 Å². The van der Waals surface area contributed by atoms with E-state index in [-0.39, 0.29) is 11.8 Å². The zero-order valence-electron chi connectivity index (χ0n) is 15.4. The molecule has 1 fully saturated rings. The lowest BCUT2D eigenvalue weighted by Gasteiger charge is -2.26. The number of likely N-dealkylation sites (tertiary alicyclic amines) is 1. The molecule has 6 nitrogen and oxygen atoms in total. The molecule has 28 heavy (non-hydrogen) atoms. The highest BCUT2D eigenvalue weighted by molar-refractivity contribution is 6.33. The first-order valence-electron chi connectivity index (χ1n) is 9.27. The third kappa shape index (κ3) is 5.36. The maximum Gasteiger partial charge on any atom is 0.255 e. The Labute approximate surface area is 174 Å². The molecule has 0 bridgehead atoms. The van der Waals surface area contributed by atoms with Crippen LogP contribution in [-0.4, -0.2) is 47.9 Å². The summed E-state index contributed by atoms with van der Waals surface area (Å²) in [4.78, 5) is 30.6. The average Bonchev–Trinajstić information content (AvgIpc) is 2.72. The van der Waals surface area contributed by atoms with Gasteiger partial charge >= 0.3 is 0 Å². The lowest BCUT2D eigenvalue weighted by Crippen LogP contribution is -2.35. The van der Waals surface area contributed by atoms with Gasteiger partial charge < -0.3 is 15.5 Å². The minimum Gasteiger partial charge on any atom is -0.367 e. The second-order valence-electron chi connectivity index (χ2n) is 6.60. The van der Waals surface area contributed by atoms with Gasteiger partial charge in [0.2, 0.25) is 0 Å². The second kappa shape index (κ2) is 9.75. The van der Waals surface area contributed by atoms with Gasteiger partial charge in [0, 0.05) is 43.0 Å². The van der Waals surface area contributed by atoms with Crippen molar-refractivity contribution in [2.75, 3.05) is 31.5 Å². The number of piperidine rings is 1. The lowest BCUT2D eigenvalue weighted by atomic mass is 10.1. The van der Waals surface area contributed by atoms with Crippen LogP contribution in [0.15, 0.2) is 36.5 Å². The molecule has 1 aromatic carbocycles. The number of rotatable bonds is 6. The zero-order valence-corrected chi connectivity index (χ0v) is 16.9. The summed E-state index contributed by atoms with van der Waals surface area (Å²) < 4.78 is 0. The van der Waals surface area contributed by atoms with Crippen LogP contribution in [0.25, 0.3) is 0 Å². The first-order valence-corrected chi connectivity index (χ1v) is 10.0. The predicted octanol–water partition coefficient (Wildman–Crippen LogP) is 3.86. The molecule has 0 radical (unpaired) electrons. The minimum atomic E-state index is -0.181. The van der Waals surface area contributed by atoms with E-state index in [2.05, 4.69) is 15.6 Å². The topological polar surface area (TPSA) is 74.3 Å². The molecule has 2 aromatic rings. The molecule has 0 spiro atoms. The van der Waals surface area contributed by atoms with Crippen molar-refractivity contribution in [2.24, 2.45) is 0 Å². The summed E-state index contributed by atoms with van der Waals surface area (Å²) in [6.07, 6.45) is 4.78. The molecule has 2 amide bonds. The van der Waals surface area contributed by atoms with Crippen molar-refractivity contribution in [2.45, 2.75) is 19.3 Å². The Kier molecular flexibility index (Phi) is 7.12. The van der Waals surface area contributed by atoms with Crippen LogP contribution in [-0.2, 0) is 0 Å². The Morgan fingerprint density at radius 1 is 1.00 bits per heavy atom. The number of hydrogen-bond donors (Lipinski definition) is 2. The smallest absolute Gasteiger partial charge is 0.255 e. The van der Waals surface area contributed by atoms with Gasteiger partial charge in [-0.1, -0.05) is 23.2 Å². The molecule has 8 heteroatoms. The van der Waals surface area contributed by atoms with E-state index in [0.29, 0.717) is 40.1 Å². The molecule has 1 aromatic heterocycles. The summed E-state index contributed by atoms with van der Waals surface area (Å²) in [5, 5.41) is 6.84.